The van der Waals surface area contributed by atoms with E-state index in [-0.39, 0.29) is 0 Å². The van der Waals surface area contributed by atoms with Gasteiger partial charge in [-0.15, -0.1) is 0 Å². The maximum atomic E-state index is 5.76. The van der Waals surface area contributed by atoms with Crippen LogP contribution in [0.3, 0.4) is 0 Å². The van der Waals surface area contributed by atoms with Crippen LogP contribution in [0.25, 0.3) is 11.1 Å². The lowest BCUT2D eigenvalue weighted by Gasteiger charge is -1.95. The van der Waals surface area contributed by atoms with Crippen LogP contribution in [-0.4, -0.2) is 11.5 Å². The van der Waals surface area contributed by atoms with Crippen LogP contribution in [0.2, 0.25) is 0 Å². The fraction of sp³-hybridized carbons (Fsp3) is 0.188. The van der Waals surface area contributed by atoms with Crippen LogP contribution in [0.15, 0.2) is 52.9 Å². The molecule has 2 N–H and O–H groups in total. The van der Waals surface area contributed by atoms with Crippen LogP contribution in [0, 0.1) is 0 Å². The third kappa shape index (κ3) is 2.66. The molecule has 19 heavy (non-hydrogen) atoms. The Hall–Kier alpha value is -2.13. The molecule has 0 amide bonds. The van der Waals surface area contributed by atoms with Crippen molar-refractivity contribution in [2.45, 2.75) is 12.8 Å². The molecule has 0 bridgehead atoms. The molecule has 0 unspecified atom stereocenters. The molecule has 0 spiro atoms. The van der Waals surface area contributed by atoms with Gasteiger partial charge in [0, 0.05) is 6.42 Å². The summed E-state index contributed by atoms with van der Waals surface area (Å²) < 4.78 is 5.76. The number of fused-ring (bicyclic) bond motifs is 1. The summed E-state index contributed by atoms with van der Waals surface area (Å²) in [4.78, 5) is 4.54. The minimum Gasteiger partial charge on any atom is -0.440 e. The number of hydrogen-bond donors (Lipinski definition) is 1. The molecule has 1 heterocycles. The maximum Gasteiger partial charge on any atom is 0.199 e. The highest BCUT2D eigenvalue weighted by Crippen LogP contribution is 2.19. The summed E-state index contributed by atoms with van der Waals surface area (Å²) in [5.74, 6) is 0.756. The normalized spacial score (nSPS) is 11.0. The fourth-order valence-electron chi connectivity index (χ4n) is 2.19. The van der Waals surface area contributed by atoms with Crippen molar-refractivity contribution < 1.29 is 4.42 Å². The minimum absolute atomic E-state index is 0.653. The summed E-state index contributed by atoms with van der Waals surface area (Å²) in [6.45, 7) is 0.653. The van der Waals surface area contributed by atoms with Crippen molar-refractivity contribution in [3.8, 4) is 0 Å². The van der Waals surface area contributed by atoms with Crippen LogP contribution in [-0.2, 0) is 12.8 Å². The topological polar surface area (TPSA) is 52.0 Å². The summed E-state index contributed by atoms with van der Waals surface area (Å²) in [5, 5.41) is 0. The summed E-state index contributed by atoms with van der Waals surface area (Å²) in [5.41, 5.74) is 9.73. The van der Waals surface area contributed by atoms with Crippen LogP contribution in [0.5, 0.6) is 0 Å². The summed E-state index contributed by atoms with van der Waals surface area (Å²) in [7, 11) is 0. The first-order valence-corrected chi connectivity index (χ1v) is 6.47. The molecule has 0 saturated carbocycles. The number of rotatable bonds is 4. The molecule has 0 radical (unpaired) electrons. The fourth-order valence-corrected chi connectivity index (χ4v) is 2.19. The van der Waals surface area contributed by atoms with Gasteiger partial charge in [0.2, 0.25) is 0 Å². The van der Waals surface area contributed by atoms with E-state index < -0.39 is 0 Å². The Kier molecular flexibility index (Phi) is 3.29. The smallest absolute Gasteiger partial charge is 0.199 e. The van der Waals surface area contributed by atoms with Crippen molar-refractivity contribution in [1.29, 1.82) is 0 Å². The van der Waals surface area contributed by atoms with Gasteiger partial charge in [-0.25, -0.2) is 4.98 Å². The molecule has 96 valence electrons. The Morgan fingerprint density at radius 1 is 1.00 bits per heavy atom. The lowest BCUT2D eigenvalue weighted by molar-refractivity contribution is 0.544. The molecule has 1 aromatic heterocycles. The first-order chi connectivity index (χ1) is 9.35. The first kappa shape index (κ1) is 11.9. The SMILES string of the molecule is NCCc1ccc2oc(Cc3ccccc3)nc2c1. The lowest BCUT2D eigenvalue weighted by Crippen LogP contribution is -2.02. The lowest BCUT2D eigenvalue weighted by atomic mass is 10.1. The van der Waals surface area contributed by atoms with Crippen molar-refractivity contribution in [3.63, 3.8) is 0 Å². The maximum absolute atomic E-state index is 5.76. The third-order valence-corrected chi connectivity index (χ3v) is 3.13. The predicted molar refractivity (Wildman–Crippen MR) is 76.0 cm³/mol. The zero-order chi connectivity index (χ0) is 13.1. The minimum atomic E-state index is 0.653. The number of hydrogen-bond acceptors (Lipinski definition) is 3. The monoisotopic (exact) mass is 252 g/mol. The standard InChI is InChI=1S/C16H16N2O/c17-9-8-13-6-7-15-14(10-13)18-16(19-15)11-12-4-2-1-3-5-12/h1-7,10H,8-9,11,17H2. The molecule has 0 fully saturated rings. The van der Waals surface area contributed by atoms with Gasteiger partial charge >= 0.3 is 0 Å². The Bertz CT molecular complexity index is 674. The Morgan fingerprint density at radius 2 is 1.84 bits per heavy atom. The molecule has 0 atom stereocenters. The van der Waals surface area contributed by atoms with Gasteiger partial charge < -0.3 is 10.2 Å². The van der Waals surface area contributed by atoms with Gasteiger partial charge in [0.15, 0.2) is 11.5 Å². The van der Waals surface area contributed by atoms with Gasteiger partial charge in [-0.1, -0.05) is 36.4 Å². The summed E-state index contributed by atoms with van der Waals surface area (Å²) in [6.07, 6.45) is 1.60. The average molecular weight is 252 g/mol. The zero-order valence-electron chi connectivity index (χ0n) is 10.7. The van der Waals surface area contributed by atoms with Gasteiger partial charge in [0.05, 0.1) is 0 Å². The molecule has 3 rings (SSSR count). The number of benzene rings is 2. The van der Waals surface area contributed by atoms with E-state index in [1.165, 1.54) is 11.1 Å². The van der Waals surface area contributed by atoms with E-state index in [2.05, 4.69) is 23.2 Å². The number of oxazole rings is 1. The second kappa shape index (κ2) is 5.24. The molecule has 0 aliphatic heterocycles. The molecule has 3 aromatic rings. The largest absolute Gasteiger partial charge is 0.440 e. The molecule has 0 aliphatic rings. The van der Waals surface area contributed by atoms with E-state index in [0.29, 0.717) is 6.54 Å². The molecule has 0 aliphatic carbocycles. The van der Waals surface area contributed by atoms with Gasteiger partial charge in [0.1, 0.15) is 5.52 Å². The van der Waals surface area contributed by atoms with Gasteiger partial charge in [0.25, 0.3) is 0 Å². The molecule has 3 nitrogen and oxygen atoms in total. The van der Waals surface area contributed by atoms with E-state index in [4.69, 9.17) is 10.2 Å². The highest BCUT2D eigenvalue weighted by molar-refractivity contribution is 5.73. The van der Waals surface area contributed by atoms with Crippen molar-refractivity contribution in [2.75, 3.05) is 6.54 Å². The molecule has 2 aromatic carbocycles. The van der Waals surface area contributed by atoms with E-state index in [0.717, 1.165) is 29.8 Å². The quantitative estimate of drug-likeness (QED) is 0.776. The van der Waals surface area contributed by atoms with Crippen molar-refractivity contribution in [3.05, 3.63) is 65.5 Å². The van der Waals surface area contributed by atoms with E-state index in [1.54, 1.807) is 0 Å². The van der Waals surface area contributed by atoms with Crippen LogP contribution in [0.4, 0.5) is 0 Å². The molecular formula is C16H16N2O. The van der Waals surface area contributed by atoms with Gasteiger partial charge in [-0.05, 0) is 36.2 Å². The summed E-state index contributed by atoms with van der Waals surface area (Å²) >= 11 is 0. The molecule has 3 heteroatoms. The highest BCUT2D eigenvalue weighted by atomic mass is 16.3. The highest BCUT2D eigenvalue weighted by Gasteiger charge is 2.07. The third-order valence-electron chi connectivity index (χ3n) is 3.13. The zero-order valence-corrected chi connectivity index (χ0v) is 10.7. The average Bonchev–Trinajstić information content (AvgIpc) is 2.82. The second-order valence-corrected chi connectivity index (χ2v) is 4.61. The van der Waals surface area contributed by atoms with Crippen molar-refractivity contribution >= 4 is 11.1 Å². The number of aromatic nitrogens is 1. The van der Waals surface area contributed by atoms with Crippen LogP contribution >= 0.6 is 0 Å². The Balaban J connectivity index is 1.89. The molecule has 0 saturated heterocycles. The Labute approximate surface area is 112 Å². The van der Waals surface area contributed by atoms with Crippen LogP contribution < -0.4 is 5.73 Å². The van der Waals surface area contributed by atoms with Crippen molar-refractivity contribution in [1.82, 2.24) is 4.98 Å². The predicted octanol–water partition coefficient (Wildman–Crippen LogP) is 2.92. The van der Waals surface area contributed by atoms with E-state index in [9.17, 15) is 0 Å². The van der Waals surface area contributed by atoms with Crippen molar-refractivity contribution in [2.24, 2.45) is 5.73 Å². The molecular weight excluding hydrogens is 236 g/mol. The Morgan fingerprint density at radius 3 is 2.63 bits per heavy atom. The summed E-state index contributed by atoms with van der Waals surface area (Å²) in [6, 6.07) is 16.3. The van der Waals surface area contributed by atoms with E-state index in [1.807, 2.05) is 30.3 Å². The van der Waals surface area contributed by atoms with E-state index >= 15 is 0 Å². The van der Waals surface area contributed by atoms with Crippen LogP contribution in [0.1, 0.15) is 17.0 Å². The first-order valence-electron chi connectivity index (χ1n) is 6.47. The van der Waals surface area contributed by atoms with Gasteiger partial charge in [-0.3, -0.25) is 0 Å². The van der Waals surface area contributed by atoms with Gasteiger partial charge in [-0.2, -0.15) is 0 Å². The number of nitrogens with zero attached hydrogens (tertiary/aromatic N) is 1. The second-order valence-electron chi connectivity index (χ2n) is 4.61. The number of nitrogens with two attached hydrogens (primary N) is 1.